The third-order valence-electron chi connectivity index (χ3n) is 5.53. The van der Waals surface area contributed by atoms with Gasteiger partial charge in [-0.1, -0.05) is 23.7 Å². The molecule has 0 aliphatic carbocycles. The second kappa shape index (κ2) is 8.93. The topological polar surface area (TPSA) is 102 Å². The number of nitrogens with zero attached hydrogens (tertiary/aromatic N) is 4. The maximum Gasteiger partial charge on any atom is 0.270 e. The van der Waals surface area contributed by atoms with Crippen LogP contribution in [0.1, 0.15) is 42.0 Å². The zero-order valence-electron chi connectivity index (χ0n) is 17.3. The van der Waals surface area contributed by atoms with Gasteiger partial charge >= 0.3 is 0 Å². The maximum atomic E-state index is 13.2. The lowest BCUT2D eigenvalue weighted by molar-refractivity contribution is 0.0695. The van der Waals surface area contributed by atoms with Gasteiger partial charge in [0.05, 0.1) is 22.3 Å². The van der Waals surface area contributed by atoms with Gasteiger partial charge in [-0.3, -0.25) is 4.79 Å². The minimum atomic E-state index is -0.229. The van der Waals surface area contributed by atoms with Gasteiger partial charge in [0.15, 0.2) is 5.82 Å². The standard InChI is InChI=1S/C22H21ClN6O2S/c1-12(27-20-19-22(25-10-24-20)32-11-26-19)16-9-13-3-2-4-15(23)17(13)18(29-16)21(30)28-14-5-7-31-8-6-14/h2-4,9-12,14H,5-8H2,1H3,(H,28,30)(H,24,25,27)/t12-/m0/s1. The highest BCUT2D eigenvalue weighted by molar-refractivity contribution is 7.16. The highest BCUT2D eigenvalue weighted by Crippen LogP contribution is 2.30. The molecule has 2 N–H and O–H groups in total. The van der Waals surface area contributed by atoms with Crippen LogP contribution < -0.4 is 10.6 Å². The number of pyridine rings is 1. The van der Waals surface area contributed by atoms with E-state index in [4.69, 9.17) is 21.3 Å². The van der Waals surface area contributed by atoms with Gasteiger partial charge in [-0.15, -0.1) is 11.3 Å². The Morgan fingerprint density at radius 3 is 2.94 bits per heavy atom. The molecule has 32 heavy (non-hydrogen) atoms. The van der Waals surface area contributed by atoms with Crippen LogP contribution in [0, 0.1) is 0 Å². The zero-order chi connectivity index (χ0) is 22.1. The number of nitrogens with one attached hydrogen (secondary N) is 2. The fraction of sp³-hybridized carbons (Fsp3) is 0.318. The van der Waals surface area contributed by atoms with Crippen LogP contribution in [0.2, 0.25) is 5.02 Å². The van der Waals surface area contributed by atoms with E-state index in [1.807, 2.05) is 25.1 Å². The SMILES string of the molecule is C[C@H](Nc1ncnc2scnc12)c1cc2cccc(Cl)c2c(C(=O)NC2CCOCC2)n1. The molecule has 0 saturated carbocycles. The number of carbonyl (C=O) groups is 1. The number of carbonyl (C=O) groups excluding carboxylic acids is 1. The van der Waals surface area contributed by atoms with Crippen LogP contribution in [0.5, 0.6) is 0 Å². The quantitative estimate of drug-likeness (QED) is 0.448. The largest absolute Gasteiger partial charge is 0.381 e. The predicted molar refractivity (Wildman–Crippen MR) is 125 cm³/mol. The number of fused-ring (bicyclic) bond motifs is 2. The molecule has 4 aromatic rings. The summed E-state index contributed by atoms with van der Waals surface area (Å²) >= 11 is 7.94. The first-order valence-electron chi connectivity index (χ1n) is 10.4. The number of halogens is 1. The summed E-state index contributed by atoms with van der Waals surface area (Å²) in [6.45, 7) is 3.26. The molecule has 10 heteroatoms. The lowest BCUT2D eigenvalue weighted by atomic mass is 10.0. The summed E-state index contributed by atoms with van der Waals surface area (Å²) in [4.78, 5) is 31.7. The Kier molecular flexibility index (Phi) is 5.86. The molecule has 1 atom stereocenters. The maximum absolute atomic E-state index is 13.2. The molecule has 1 saturated heterocycles. The number of rotatable bonds is 5. The smallest absolute Gasteiger partial charge is 0.270 e. The second-order valence-corrected chi connectivity index (χ2v) is 8.93. The van der Waals surface area contributed by atoms with Gasteiger partial charge in [0.2, 0.25) is 0 Å². The van der Waals surface area contributed by atoms with Crippen molar-refractivity contribution in [3.05, 3.63) is 52.5 Å². The number of hydrogen-bond acceptors (Lipinski definition) is 8. The summed E-state index contributed by atoms with van der Waals surface area (Å²) in [5.74, 6) is 0.401. The number of amides is 1. The van der Waals surface area contributed by atoms with Crippen molar-refractivity contribution in [3.63, 3.8) is 0 Å². The van der Waals surface area contributed by atoms with Crippen LogP contribution >= 0.6 is 22.9 Å². The number of thiazole rings is 1. The monoisotopic (exact) mass is 468 g/mol. The van der Waals surface area contributed by atoms with Gasteiger partial charge in [-0.05, 0) is 37.3 Å². The number of benzene rings is 1. The molecule has 0 radical (unpaired) electrons. The highest BCUT2D eigenvalue weighted by atomic mass is 35.5. The first-order chi connectivity index (χ1) is 15.6. The zero-order valence-corrected chi connectivity index (χ0v) is 18.9. The van der Waals surface area contributed by atoms with Crippen molar-refractivity contribution in [3.8, 4) is 0 Å². The Morgan fingerprint density at radius 1 is 1.25 bits per heavy atom. The molecule has 1 fully saturated rings. The lowest BCUT2D eigenvalue weighted by Crippen LogP contribution is -2.39. The van der Waals surface area contributed by atoms with Gasteiger partial charge < -0.3 is 15.4 Å². The van der Waals surface area contributed by atoms with Crippen LogP contribution in [0.3, 0.4) is 0 Å². The second-order valence-electron chi connectivity index (χ2n) is 7.69. The average Bonchev–Trinajstić information content (AvgIpc) is 3.29. The van der Waals surface area contributed by atoms with Gasteiger partial charge in [-0.25, -0.2) is 19.9 Å². The Morgan fingerprint density at radius 2 is 2.09 bits per heavy atom. The Hall–Kier alpha value is -2.88. The summed E-state index contributed by atoms with van der Waals surface area (Å²) in [5.41, 5.74) is 3.49. The summed E-state index contributed by atoms with van der Waals surface area (Å²) in [7, 11) is 0. The number of hydrogen-bond donors (Lipinski definition) is 2. The molecule has 1 aliphatic heterocycles. The van der Waals surface area contributed by atoms with E-state index in [9.17, 15) is 4.79 Å². The van der Waals surface area contributed by atoms with E-state index in [0.717, 1.165) is 23.1 Å². The fourth-order valence-corrected chi connectivity index (χ4v) is 4.75. The highest BCUT2D eigenvalue weighted by Gasteiger charge is 2.23. The van der Waals surface area contributed by atoms with Crippen molar-refractivity contribution in [2.24, 2.45) is 0 Å². The Balaban J connectivity index is 1.50. The molecular formula is C22H21ClN6O2S. The molecule has 4 heterocycles. The molecule has 0 bridgehead atoms. The van der Waals surface area contributed by atoms with Crippen LogP contribution in [0.15, 0.2) is 36.1 Å². The molecule has 164 valence electrons. The lowest BCUT2D eigenvalue weighted by Gasteiger charge is -2.23. The average molecular weight is 469 g/mol. The van der Waals surface area contributed by atoms with E-state index in [1.165, 1.54) is 17.7 Å². The third kappa shape index (κ3) is 4.11. The third-order valence-corrected chi connectivity index (χ3v) is 6.58. The van der Waals surface area contributed by atoms with Crippen LogP contribution in [0.25, 0.3) is 21.1 Å². The van der Waals surface area contributed by atoms with Crippen molar-refractivity contribution in [2.45, 2.75) is 31.8 Å². The van der Waals surface area contributed by atoms with E-state index in [1.54, 1.807) is 11.6 Å². The molecule has 8 nitrogen and oxygen atoms in total. The van der Waals surface area contributed by atoms with Crippen molar-refractivity contribution in [2.75, 3.05) is 18.5 Å². The molecule has 1 aromatic carbocycles. The molecular weight excluding hydrogens is 448 g/mol. The summed E-state index contributed by atoms with van der Waals surface area (Å²) in [6.07, 6.45) is 3.08. The van der Waals surface area contributed by atoms with Crippen molar-refractivity contribution < 1.29 is 9.53 Å². The molecule has 3 aromatic heterocycles. The fourth-order valence-electron chi connectivity index (χ4n) is 3.85. The summed E-state index contributed by atoms with van der Waals surface area (Å²) in [6, 6.07) is 7.37. The molecule has 0 spiro atoms. The van der Waals surface area contributed by atoms with E-state index in [-0.39, 0.29) is 18.0 Å². The van der Waals surface area contributed by atoms with Crippen LogP contribution in [-0.2, 0) is 4.74 Å². The van der Waals surface area contributed by atoms with Crippen molar-refractivity contribution in [1.82, 2.24) is 25.3 Å². The minimum Gasteiger partial charge on any atom is -0.381 e. The molecule has 0 unspecified atom stereocenters. The van der Waals surface area contributed by atoms with E-state index >= 15 is 0 Å². The molecule has 5 rings (SSSR count). The van der Waals surface area contributed by atoms with E-state index in [2.05, 4.69) is 25.6 Å². The minimum absolute atomic E-state index is 0.0637. The summed E-state index contributed by atoms with van der Waals surface area (Å²) < 4.78 is 5.40. The van der Waals surface area contributed by atoms with Gasteiger partial charge in [0.25, 0.3) is 5.91 Å². The van der Waals surface area contributed by atoms with Crippen LogP contribution in [-0.4, -0.2) is 45.1 Å². The van der Waals surface area contributed by atoms with Gasteiger partial charge in [0, 0.05) is 24.6 Å². The first kappa shape index (κ1) is 21.0. The van der Waals surface area contributed by atoms with E-state index < -0.39 is 0 Å². The first-order valence-corrected chi connectivity index (χ1v) is 11.6. The molecule has 1 amide bonds. The number of aromatic nitrogens is 4. The van der Waals surface area contributed by atoms with E-state index in [0.29, 0.717) is 46.3 Å². The number of ether oxygens (including phenoxy) is 1. The Labute approximate surface area is 193 Å². The van der Waals surface area contributed by atoms with Crippen molar-refractivity contribution in [1.29, 1.82) is 0 Å². The van der Waals surface area contributed by atoms with Gasteiger partial charge in [0.1, 0.15) is 22.4 Å². The Bertz CT molecular complexity index is 1290. The summed E-state index contributed by atoms with van der Waals surface area (Å²) in [5, 5.41) is 8.47. The van der Waals surface area contributed by atoms with Crippen LogP contribution in [0.4, 0.5) is 5.82 Å². The van der Waals surface area contributed by atoms with Gasteiger partial charge in [-0.2, -0.15) is 0 Å². The number of anilines is 1. The molecule has 1 aliphatic rings. The van der Waals surface area contributed by atoms with Crippen molar-refractivity contribution >= 4 is 55.8 Å². The predicted octanol–water partition coefficient (Wildman–Crippen LogP) is 4.37. The normalized spacial score (nSPS) is 15.7.